The molecule has 1 aromatic heterocycles. The molecule has 0 saturated heterocycles. The highest BCUT2D eigenvalue weighted by Gasteiger charge is 2.21. The lowest BCUT2D eigenvalue weighted by Gasteiger charge is -2.27. The van der Waals surface area contributed by atoms with Crippen molar-refractivity contribution >= 4 is 34.0 Å². The van der Waals surface area contributed by atoms with Gasteiger partial charge in [0.25, 0.3) is 0 Å². The summed E-state index contributed by atoms with van der Waals surface area (Å²) in [6.45, 7) is 5.35. The van der Waals surface area contributed by atoms with Crippen molar-refractivity contribution in [2.24, 2.45) is 0 Å². The third-order valence-electron chi connectivity index (χ3n) is 2.67. The number of ether oxygens (including phenoxy) is 1. The number of aromatic nitrogens is 1. The summed E-state index contributed by atoms with van der Waals surface area (Å²) < 4.78 is 5.06. The predicted octanol–water partition coefficient (Wildman–Crippen LogP) is 2.75. The molecule has 1 N–H and O–H groups in total. The highest BCUT2D eigenvalue weighted by Crippen LogP contribution is 2.31. The zero-order valence-electron chi connectivity index (χ0n) is 10.6. The number of methoxy groups -OCH3 is 1. The number of anilines is 1. The first-order valence-corrected chi connectivity index (χ1v) is 6.85. The maximum absolute atomic E-state index is 11.0. The molecule has 0 saturated carbocycles. The van der Waals surface area contributed by atoms with Crippen molar-refractivity contribution in [3.05, 3.63) is 10.0 Å². The smallest absolute Gasteiger partial charge is 0.349 e. The maximum atomic E-state index is 11.0. The summed E-state index contributed by atoms with van der Waals surface area (Å²) >= 11 is 6.92. The molecule has 0 spiro atoms. The molecule has 18 heavy (non-hydrogen) atoms. The highest BCUT2D eigenvalue weighted by atomic mass is 35.5. The summed E-state index contributed by atoms with van der Waals surface area (Å²) in [6.07, 6.45) is 0.934. The fraction of sp³-hybridized carbons (Fsp3) is 0.636. The summed E-state index contributed by atoms with van der Waals surface area (Å²) in [6, 6.07) is 0.254. The number of carbonyl (C=O) groups is 1. The normalized spacial score (nSPS) is 12.4. The van der Waals surface area contributed by atoms with Crippen molar-refractivity contribution in [1.29, 1.82) is 0 Å². The van der Waals surface area contributed by atoms with Gasteiger partial charge in [-0.15, -0.1) is 0 Å². The first-order valence-electron chi connectivity index (χ1n) is 5.66. The number of carboxylic acid groups (broad SMARTS) is 1. The van der Waals surface area contributed by atoms with E-state index >= 15 is 0 Å². The summed E-state index contributed by atoms with van der Waals surface area (Å²) in [5.74, 6) is -1.04. The van der Waals surface area contributed by atoms with Gasteiger partial charge in [-0.2, -0.15) is 0 Å². The summed E-state index contributed by atoms with van der Waals surface area (Å²) in [5.41, 5.74) is 0. The predicted molar refractivity (Wildman–Crippen MR) is 73.1 cm³/mol. The SMILES string of the molecule is CCC(C)N(CCOC)c1nc(Cl)c(C(=O)O)s1. The molecule has 0 amide bonds. The van der Waals surface area contributed by atoms with Crippen LogP contribution in [-0.2, 0) is 4.74 Å². The molecule has 7 heteroatoms. The van der Waals surface area contributed by atoms with E-state index in [0.29, 0.717) is 18.3 Å². The van der Waals surface area contributed by atoms with E-state index in [1.807, 2.05) is 4.90 Å². The minimum Gasteiger partial charge on any atom is -0.477 e. The van der Waals surface area contributed by atoms with Gasteiger partial charge in [-0.3, -0.25) is 0 Å². The Balaban J connectivity index is 2.97. The molecule has 5 nitrogen and oxygen atoms in total. The number of hydrogen-bond acceptors (Lipinski definition) is 5. The van der Waals surface area contributed by atoms with Crippen LogP contribution in [0.1, 0.15) is 29.9 Å². The van der Waals surface area contributed by atoms with Gasteiger partial charge in [0, 0.05) is 19.7 Å². The monoisotopic (exact) mass is 292 g/mol. The number of hydrogen-bond donors (Lipinski definition) is 1. The average molecular weight is 293 g/mol. The fourth-order valence-corrected chi connectivity index (χ4v) is 2.71. The molecule has 0 aliphatic rings. The van der Waals surface area contributed by atoms with Crippen LogP contribution in [0.5, 0.6) is 0 Å². The van der Waals surface area contributed by atoms with Crippen LogP contribution in [0.3, 0.4) is 0 Å². The molecule has 1 rings (SSSR count). The van der Waals surface area contributed by atoms with Gasteiger partial charge in [0.15, 0.2) is 15.2 Å². The van der Waals surface area contributed by atoms with Crippen molar-refractivity contribution < 1.29 is 14.6 Å². The van der Waals surface area contributed by atoms with E-state index in [1.165, 1.54) is 0 Å². The number of rotatable bonds is 7. The average Bonchev–Trinajstić information content (AvgIpc) is 2.71. The molecule has 1 heterocycles. The van der Waals surface area contributed by atoms with Crippen molar-refractivity contribution in [3.8, 4) is 0 Å². The number of aromatic carboxylic acids is 1. The van der Waals surface area contributed by atoms with Gasteiger partial charge in [0.05, 0.1) is 6.61 Å². The molecule has 1 unspecified atom stereocenters. The van der Waals surface area contributed by atoms with Gasteiger partial charge < -0.3 is 14.7 Å². The Hall–Kier alpha value is -0.850. The van der Waals surface area contributed by atoms with E-state index in [2.05, 4.69) is 18.8 Å². The minimum absolute atomic E-state index is 0.0493. The van der Waals surface area contributed by atoms with Gasteiger partial charge in [-0.25, -0.2) is 9.78 Å². The molecule has 0 radical (unpaired) electrons. The first kappa shape index (κ1) is 15.2. The molecule has 0 aliphatic carbocycles. The Morgan fingerprint density at radius 1 is 1.67 bits per heavy atom. The third-order valence-corrected chi connectivity index (χ3v) is 4.14. The Kier molecular flexibility index (Phi) is 5.84. The summed E-state index contributed by atoms with van der Waals surface area (Å²) in [7, 11) is 1.63. The van der Waals surface area contributed by atoms with E-state index in [1.54, 1.807) is 7.11 Å². The Morgan fingerprint density at radius 3 is 2.78 bits per heavy atom. The fourth-order valence-electron chi connectivity index (χ4n) is 1.46. The molecule has 102 valence electrons. The van der Waals surface area contributed by atoms with Crippen molar-refractivity contribution in [1.82, 2.24) is 4.98 Å². The van der Waals surface area contributed by atoms with Crippen LogP contribution in [0, 0.1) is 0 Å². The van der Waals surface area contributed by atoms with Crippen molar-refractivity contribution in [2.75, 3.05) is 25.2 Å². The van der Waals surface area contributed by atoms with Crippen LogP contribution < -0.4 is 4.90 Å². The minimum atomic E-state index is -1.04. The zero-order valence-corrected chi connectivity index (χ0v) is 12.2. The second kappa shape index (κ2) is 6.92. The lowest BCUT2D eigenvalue weighted by molar-refractivity contribution is 0.0702. The van der Waals surface area contributed by atoms with Crippen LogP contribution in [0.25, 0.3) is 0 Å². The van der Waals surface area contributed by atoms with Crippen molar-refractivity contribution in [2.45, 2.75) is 26.3 Å². The van der Waals surface area contributed by atoms with E-state index in [0.717, 1.165) is 17.8 Å². The largest absolute Gasteiger partial charge is 0.477 e. The number of nitrogens with zero attached hydrogens (tertiary/aromatic N) is 2. The van der Waals surface area contributed by atoms with E-state index in [4.69, 9.17) is 21.4 Å². The summed E-state index contributed by atoms with van der Waals surface area (Å²) in [5, 5.41) is 9.65. The van der Waals surface area contributed by atoms with Gasteiger partial charge >= 0.3 is 5.97 Å². The first-order chi connectivity index (χ1) is 8.51. The molecular weight excluding hydrogens is 276 g/mol. The molecule has 1 atom stereocenters. The number of thiazole rings is 1. The number of halogens is 1. The molecule has 0 fully saturated rings. The van der Waals surface area contributed by atoms with Gasteiger partial charge in [-0.1, -0.05) is 29.9 Å². The van der Waals surface area contributed by atoms with E-state index in [9.17, 15) is 4.79 Å². The number of carboxylic acids is 1. The second-order valence-corrected chi connectivity index (χ2v) is 5.20. The standard InChI is InChI=1S/C11H17ClN2O3S/c1-4-7(2)14(5-6-17-3)11-13-9(12)8(18-11)10(15)16/h7H,4-6H2,1-3H3,(H,15,16). The van der Waals surface area contributed by atoms with E-state index in [-0.39, 0.29) is 16.1 Å². The molecule has 1 aromatic rings. The van der Waals surface area contributed by atoms with Crippen molar-refractivity contribution in [3.63, 3.8) is 0 Å². The zero-order chi connectivity index (χ0) is 13.7. The quantitative estimate of drug-likeness (QED) is 0.837. The molecule has 0 aromatic carbocycles. The van der Waals surface area contributed by atoms with Crippen LogP contribution in [-0.4, -0.2) is 42.4 Å². The topological polar surface area (TPSA) is 62.7 Å². The van der Waals surface area contributed by atoms with Gasteiger partial charge in [-0.05, 0) is 13.3 Å². The molecular formula is C11H17ClN2O3S. The Morgan fingerprint density at radius 2 is 2.33 bits per heavy atom. The van der Waals surface area contributed by atoms with Crippen LogP contribution in [0.15, 0.2) is 0 Å². The second-order valence-electron chi connectivity index (χ2n) is 3.86. The lowest BCUT2D eigenvalue weighted by atomic mass is 10.2. The summed E-state index contributed by atoms with van der Waals surface area (Å²) in [4.78, 5) is 17.2. The van der Waals surface area contributed by atoms with Crippen LogP contribution in [0.2, 0.25) is 5.15 Å². The lowest BCUT2D eigenvalue weighted by Crippen LogP contribution is -2.35. The molecule has 0 aliphatic heterocycles. The third kappa shape index (κ3) is 3.57. The van der Waals surface area contributed by atoms with Gasteiger partial charge in [0.1, 0.15) is 0 Å². The Labute approximate surface area is 115 Å². The van der Waals surface area contributed by atoms with Crippen LogP contribution in [0.4, 0.5) is 5.13 Å². The van der Waals surface area contributed by atoms with Crippen LogP contribution >= 0.6 is 22.9 Å². The maximum Gasteiger partial charge on any atom is 0.349 e. The Bertz CT molecular complexity index is 411. The highest BCUT2D eigenvalue weighted by molar-refractivity contribution is 7.18. The molecule has 0 bridgehead atoms. The van der Waals surface area contributed by atoms with E-state index < -0.39 is 5.97 Å². The van der Waals surface area contributed by atoms with Gasteiger partial charge in [0.2, 0.25) is 0 Å².